The van der Waals surface area contributed by atoms with Gasteiger partial charge in [-0.25, -0.2) is 4.98 Å². The predicted molar refractivity (Wildman–Crippen MR) is 114 cm³/mol. The van der Waals surface area contributed by atoms with E-state index in [0.29, 0.717) is 23.2 Å². The first-order chi connectivity index (χ1) is 13.6. The second-order valence-corrected chi connectivity index (χ2v) is 8.51. The molecule has 0 aliphatic rings. The number of nitrogens with zero attached hydrogens (tertiary/aromatic N) is 3. The second kappa shape index (κ2) is 7.81. The maximum Gasteiger partial charge on any atom is 0.267 e. The Hall–Kier alpha value is -2.96. The number of unbranched alkanes of at least 4 members (excludes halogenated alkanes) is 2. The van der Waals surface area contributed by atoms with Crippen molar-refractivity contribution in [2.75, 3.05) is 0 Å². The van der Waals surface area contributed by atoms with Crippen molar-refractivity contribution >= 4 is 22.6 Å². The lowest BCUT2D eigenvalue weighted by molar-refractivity contribution is 0.0917. The maximum atomic E-state index is 13.2. The van der Waals surface area contributed by atoms with Gasteiger partial charge in [-0.3, -0.25) is 19.4 Å². The average Bonchev–Trinajstić information content (AvgIpc) is 2.63. The van der Waals surface area contributed by atoms with Gasteiger partial charge in [0.15, 0.2) is 0 Å². The molecule has 0 radical (unpaired) electrons. The number of hydrogen-bond acceptors (Lipinski definition) is 4. The van der Waals surface area contributed by atoms with Crippen LogP contribution in [0, 0.1) is 12.3 Å². The number of pyridine rings is 2. The molecule has 3 heterocycles. The van der Waals surface area contributed by atoms with Gasteiger partial charge in [0.1, 0.15) is 16.8 Å². The Morgan fingerprint density at radius 1 is 1.24 bits per heavy atom. The number of nitrogens with one attached hydrogen (secondary N) is 2. The Balaban J connectivity index is 2.34. The minimum atomic E-state index is -0.445. The summed E-state index contributed by atoms with van der Waals surface area (Å²) in [5.74, 6) is -0.359. The number of amides is 1. The van der Waals surface area contributed by atoms with Crippen LogP contribution in [0.15, 0.2) is 29.2 Å². The molecule has 7 heteroatoms. The molecular weight excluding hydrogens is 366 g/mol. The quantitative estimate of drug-likeness (QED) is 0.513. The molecule has 154 valence electrons. The van der Waals surface area contributed by atoms with Crippen LogP contribution in [0.2, 0.25) is 0 Å². The fourth-order valence-corrected chi connectivity index (χ4v) is 3.42. The molecule has 0 bridgehead atoms. The van der Waals surface area contributed by atoms with E-state index in [-0.39, 0.29) is 22.5 Å². The van der Waals surface area contributed by atoms with E-state index < -0.39 is 5.54 Å². The highest BCUT2D eigenvalue weighted by Crippen LogP contribution is 2.14. The molecule has 1 amide bonds. The number of rotatable bonds is 5. The van der Waals surface area contributed by atoms with E-state index in [2.05, 4.69) is 12.2 Å². The Labute approximate surface area is 169 Å². The van der Waals surface area contributed by atoms with E-state index in [9.17, 15) is 9.59 Å². The number of carbonyl (C=O) groups excluding carboxylic acids is 1. The summed E-state index contributed by atoms with van der Waals surface area (Å²) < 4.78 is 3.21. The highest BCUT2D eigenvalue weighted by molar-refractivity contribution is 5.97. The van der Waals surface area contributed by atoms with E-state index >= 15 is 0 Å². The number of aromatic nitrogens is 3. The fraction of sp³-hybridized carbons (Fsp3) is 0.455. The minimum Gasteiger partial charge on any atom is -0.347 e. The normalized spacial score (nSPS) is 11.9. The zero-order valence-electron chi connectivity index (χ0n) is 17.8. The van der Waals surface area contributed by atoms with Crippen LogP contribution in [-0.4, -0.2) is 25.4 Å². The van der Waals surface area contributed by atoms with Gasteiger partial charge >= 0.3 is 0 Å². The zero-order valence-corrected chi connectivity index (χ0v) is 17.8. The van der Waals surface area contributed by atoms with Crippen molar-refractivity contribution in [1.29, 1.82) is 5.41 Å². The molecule has 0 fully saturated rings. The summed E-state index contributed by atoms with van der Waals surface area (Å²) in [7, 11) is 0. The molecule has 0 unspecified atom stereocenters. The van der Waals surface area contributed by atoms with Gasteiger partial charge in [-0.1, -0.05) is 25.8 Å². The predicted octanol–water partition coefficient (Wildman–Crippen LogP) is 3.16. The van der Waals surface area contributed by atoms with E-state index in [4.69, 9.17) is 10.4 Å². The second-order valence-electron chi connectivity index (χ2n) is 8.51. The number of hydrogen-bond donors (Lipinski definition) is 2. The third-order valence-corrected chi connectivity index (χ3v) is 4.85. The number of fused-ring (bicyclic) bond motifs is 2. The lowest BCUT2D eigenvalue weighted by Gasteiger charge is -2.21. The molecule has 0 saturated carbocycles. The van der Waals surface area contributed by atoms with Gasteiger partial charge < -0.3 is 9.88 Å². The summed E-state index contributed by atoms with van der Waals surface area (Å²) >= 11 is 0. The van der Waals surface area contributed by atoms with Crippen molar-refractivity contribution in [3.8, 4) is 0 Å². The molecular formula is C22H29N5O2. The smallest absolute Gasteiger partial charge is 0.267 e. The maximum absolute atomic E-state index is 13.2. The molecule has 0 aliphatic heterocycles. The molecule has 2 N–H and O–H groups in total. The molecule has 29 heavy (non-hydrogen) atoms. The molecule has 7 nitrogen and oxygen atoms in total. The van der Waals surface area contributed by atoms with Crippen LogP contribution in [0.5, 0.6) is 0 Å². The SMILES string of the molecule is CCCCCn1c(=N)c(C(=O)NC(C)(C)C)cc2c(=O)n3cccc(C)c3nc21. The van der Waals surface area contributed by atoms with Crippen molar-refractivity contribution in [1.82, 2.24) is 19.3 Å². The van der Waals surface area contributed by atoms with E-state index in [0.717, 1.165) is 24.8 Å². The van der Waals surface area contributed by atoms with Crippen LogP contribution in [0.25, 0.3) is 16.7 Å². The topological polar surface area (TPSA) is 92.2 Å². The Morgan fingerprint density at radius 3 is 2.62 bits per heavy atom. The van der Waals surface area contributed by atoms with Crippen LogP contribution in [0.1, 0.15) is 62.9 Å². The van der Waals surface area contributed by atoms with Gasteiger partial charge in [0.05, 0.1) is 10.9 Å². The highest BCUT2D eigenvalue weighted by Gasteiger charge is 2.21. The van der Waals surface area contributed by atoms with E-state index in [1.165, 1.54) is 10.5 Å². The Morgan fingerprint density at radius 2 is 1.97 bits per heavy atom. The van der Waals surface area contributed by atoms with Crippen molar-refractivity contribution < 1.29 is 4.79 Å². The van der Waals surface area contributed by atoms with Gasteiger partial charge in [0.2, 0.25) is 0 Å². The third-order valence-electron chi connectivity index (χ3n) is 4.85. The molecule has 0 atom stereocenters. The highest BCUT2D eigenvalue weighted by atomic mass is 16.2. The number of carbonyl (C=O) groups is 1. The summed E-state index contributed by atoms with van der Waals surface area (Å²) in [6.07, 6.45) is 4.56. The largest absolute Gasteiger partial charge is 0.347 e. The van der Waals surface area contributed by atoms with Gasteiger partial charge in [0, 0.05) is 18.3 Å². The lowest BCUT2D eigenvalue weighted by atomic mass is 10.1. The van der Waals surface area contributed by atoms with Crippen molar-refractivity contribution in [3.63, 3.8) is 0 Å². The average molecular weight is 396 g/mol. The van der Waals surface area contributed by atoms with Gasteiger partial charge in [0.25, 0.3) is 11.5 Å². The molecule has 3 rings (SSSR count). The lowest BCUT2D eigenvalue weighted by Crippen LogP contribution is -2.43. The summed E-state index contributed by atoms with van der Waals surface area (Å²) in [5.41, 5.74) is 1.50. The van der Waals surface area contributed by atoms with Gasteiger partial charge in [-0.2, -0.15) is 0 Å². The monoisotopic (exact) mass is 395 g/mol. The van der Waals surface area contributed by atoms with Crippen LogP contribution in [0.4, 0.5) is 0 Å². The molecule has 0 saturated heterocycles. The first-order valence-corrected chi connectivity index (χ1v) is 10.1. The van der Waals surface area contributed by atoms with Crippen molar-refractivity contribution in [2.45, 2.75) is 66.0 Å². The van der Waals surface area contributed by atoms with Crippen LogP contribution in [-0.2, 0) is 6.54 Å². The first kappa shape index (κ1) is 20.8. The van der Waals surface area contributed by atoms with E-state index in [1.807, 2.05) is 33.8 Å². The third kappa shape index (κ3) is 4.09. The number of aryl methyl sites for hydroxylation is 2. The van der Waals surface area contributed by atoms with Gasteiger partial charge in [-0.15, -0.1) is 0 Å². The van der Waals surface area contributed by atoms with Crippen LogP contribution < -0.4 is 16.4 Å². The van der Waals surface area contributed by atoms with Gasteiger partial charge in [-0.05, 0) is 51.8 Å². The Bertz CT molecular complexity index is 1200. The zero-order chi connectivity index (χ0) is 21.3. The first-order valence-electron chi connectivity index (χ1n) is 10.1. The van der Waals surface area contributed by atoms with E-state index in [1.54, 1.807) is 16.8 Å². The molecule has 0 aromatic carbocycles. The summed E-state index contributed by atoms with van der Waals surface area (Å²) in [4.78, 5) is 30.8. The molecule has 0 aliphatic carbocycles. The van der Waals surface area contributed by atoms with Crippen molar-refractivity contribution in [2.24, 2.45) is 0 Å². The molecule has 0 spiro atoms. The summed E-state index contributed by atoms with van der Waals surface area (Å²) in [6, 6.07) is 5.22. The van der Waals surface area contributed by atoms with Crippen LogP contribution >= 0.6 is 0 Å². The molecule has 3 aromatic rings. The Kier molecular flexibility index (Phi) is 5.59. The van der Waals surface area contributed by atoms with Crippen molar-refractivity contribution in [3.05, 3.63) is 51.4 Å². The summed E-state index contributed by atoms with van der Waals surface area (Å²) in [6.45, 7) is 10.2. The summed E-state index contributed by atoms with van der Waals surface area (Å²) in [5, 5.41) is 11.9. The standard InChI is InChI=1S/C22H29N5O2/c1-6-7-8-11-26-17(23)15(20(28)25-22(3,4)5)13-16-19(26)24-18-14(2)10-9-12-27(18)21(16)29/h9-10,12-13,23H,6-8,11H2,1-5H3,(H,25,28). The van der Waals surface area contributed by atoms with Crippen LogP contribution in [0.3, 0.4) is 0 Å². The minimum absolute atomic E-state index is 0.0835. The molecule has 3 aromatic heterocycles. The fourth-order valence-electron chi connectivity index (χ4n) is 3.42.